The molecule has 0 saturated carbocycles. The molecular formula is C12H16N4O2. The summed E-state index contributed by atoms with van der Waals surface area (Å²) < 4.78 is 5.31. The van der Waals surface area contributed by atoms with Gasteiger partial charge in [0.05, 0.1) is 18.8 Å². The van der Waals surface area contributed by atoms with Crippen LogP contribution in [0.1, 0.15) is 17.8 Å². The molecular weight excluding hydrogens is 232 g/mol. The lowest BCUT2D eigenvalue weighted by Crippen LogP contribution is -2.34. The summed E-state index contributed by atoms with van der Waals surface area (Å²) in [4.78, 5) is 10.4. The maximum absolute atomic E-state index is 9.39. The lowest BCUT2D eigenvalue weighted by Gasteiger charge is -2.22. The zero-order chi connectivity index (χ0) is 13.1. The molecule has 0 radical (unpaired) electrons. The number of nitrogens with zero attached hydrogens (tertiary/aromatic N) is 4. The highest BCUT2D eigenvalue weighted by Gasteiger charge is 2.33. The lowest BCUT2D eigenvalue weighted by molar-refractivity contribution is 0.115. The largest absolute Gasteiger partial charge is 0.394 e. The molecule has 0 unspecified atom stereocenters. The molecule has 0 aliphatic carbocycles. The van der Waals surface area contributed by atoms with E-state index in [4.69, 9.17) is 10.00 Å². The van der Waals surface area contributed by atoms with Crippen LogP contribution in [0.15, 0.2) is 6.07 Å². The van der Waals surface area contributed by atoms with E-state index in [1.165, 1.54) is 0 Å². The highest BCUT2D eigenvalue weighted by molar-refractivity contribution is 5.39. The Balaban J connectivity index is 2.30. The molecule has 2 atom stereocenters. The predicted molar refractivity (Wildman–Crippen MR) is 65.1 cm³/mol. The van der Waals surface area contributed by atoms with E-state index < -0.39 is 0 Å². The van der Waals surface area contributed by atoms with Gasteiger partial charge in [-0.05, 0) is 19.4 Å². The number of aromatic nitrogens is 2. The van der Waals surface area contributed by atoms with E-state index in [1.54, 1.807) is 13.2 Å². The van der Waals surface area contributed by atoms with E-state index in [1.807, 2.05) is 17.9 Å². The minimum atomic E-state index is -0.0525. The molecule has 0 bridgehead atoms. The van der Waals surface area contributed by atoms with Crippen molar-refractivity contribution >= 4 is 5.95 Å². The van der Waals surface area contributed by atoms with Gasteiger partial charge in [0.1, 0.15) is 11.8 Å². The van der Waals surface area contributed by atoms with Crippen molar-refractivity contribution in [3.8, 4) is 6.07 Å². The van der Waals surface area contributed by atoms with Crippen LogP contribution in [-0.4, -0.2) is 47.5 Å². The van der Waals surface area contributed by atoms with Crippen molar-refractivity contribution in [1.29, 1.82) is 5.26 Å². The van der Waals surface area contributed by atoms with Gasteiger partial charge in [0.15, 0.2) is 0 Å². The zero-order valence-corrected chi connectivity index (χ0v) is 10.5. The molecule has 1 aromatic rings. The minimum Gasteiger partial charge on any atom is -0.394 e. The number of anilines is 1. The fourth-order valence-corrected chi connectivity index (χ4v) is 2.20. The van der Waals surface area contributed by atoms with E-state index in [0.29, 0.717) is 18.2 Å². The van der Waals surface area contributed by atoms with Gasteiger partial charge in [-0.3, -0.25) is 0 Å². The van der Waals surface area contributed by atoms with Crippen molar-refractivity contribution in [2.75, 3.05) is 25.2 Å². The zero-order valence-electron chi connectivity index (χ0n) is 10.5. The summed E-state index contributed by atoms with van der Waals surface area (Å²) in [6, 6.07) is 3.61. The standard InChI is InChI=1S/C12H16N4O2/c1-8-3-9(5-13)15-12(14-8)16-6-11(18-2)4-10(16)7-17/h3,10-11,17H,4,6-7H2,1-2H3/t10-,11+/m0/s1. The average molecular weight is 248 g/mol. The number of rotatable bonds is 3. The third-order valence-corrected chi connectivity index (χ3v) is 3.13. The fourth-order valence-electron chi connectivity index (χ4n) is 2.20. The molecule has 0 amide bonds. The van der Waals surface area contributed by atoms with Crippen LogP contribution in [0, 0.1) is 18.3 Å². The average Bonchev–Trinajstić information content (AvgIpc) is 2.81. The summed E-state index contributed by atoms with van der Waals surface area (Å²) >= 11 is 0. The number of aliphatic hydroxyl groups is 1. The molecule has 0 spiro atoms. The number of hydrogen-bond acceptors (Lipinski definition) is 6. The first-order valence-corrected chi connectivity index (χ1v) is 5.84. The monoisotopic (exact) mass is 248 g/mol. The Kier molecular flexibility index (Phi) is 3.75. The first kappa shape index (κ1) is 12.7. The lowest BCUT2D eigenvalue weighted by atomic mass is 10.2. The van der Waals surface area contributed by atoms with E-state index in [0.717, 1.165) is 12.1 Å². The van der Waals surface area contributed by atoms with Gasteiger partial charge in [0.2, 0.25) is 5.95 Å². The van der Waals surface area contributed by atoms with Crippen LogP contribution in [0.25, 0.3) is 0 Å². The second-order valence-electron chi connectivity index (χ2n) is 4.39. The molecule has 0 aromatic carbocycles. The summed E-state index contributed by atoms with van der Waals surface area (Å²) in [5.74, 6) is 0.491. The molecule has 6 nitrogen and oxygen atoms in total. The summed E-state index contributed by atoms with van der Waals surface area (Å²) in [5, 5.41) is 18.3. The molecule has 6 heteroatoms. The molecule has 18 heavy (non-hydrogen) atoms. The molecule has 1 N–H and O–H groups in total. The van der Waals surface area contributed by atoms with Crippen LogP contribution in [0.2, 0.25) is 0 Å². The van der Waals surface area contributed by atoms with Crippen LogP contribution in [0.3, 0.4) is 0 Å². The topological polar surface area (TPSA) is 82.3 Å². The fraction of sp³-hybridized carbons (Fsp3) is 0.583. The quantitative estimate of drug-likeness (QED) is 0.825. The van der Waals surface area contributed by atoms with Crippen LogP contribution in [0.5, 0.6) is 0 Å². The third-order valence-electron chi connectivity index (χ3n) is 3.13. The third kappa shape index (κ3) is 2.42. The number of aliphatic hydroxyl groups excluding tert-OH is 1. The van der Waals surface area contributed by atoms with Crippen molar-refractivity contribution in [3.05, 3.63) is 17.5 Å². The molecule has 1 fully saturated rings. The van der Waals surface area contributed by atoms with E-state index in [2.05, 4.69) is 9.97 Å². The van der Waals surface area contributed by atoms with E-state index in [-0.39, 0.29) is 18.8 Å². The van der Waals surface area contributed by atoms with Gasteiger partial charge in [-0.25, -0.2) is 9.97 Å². The van der Waals surface area contributed by atoms with Gasteiger partial charge in [-0.2, -0.15) is 5.26 Å². The van der Waals surface area contributed by atoms with Gasteiger partial charge in [-0.15, -0.1) is 0 Å². The van der Waals surface area contributed by atoms with E-state index >= 15 is 0 Å². The summed E-state index contributed by atoms with van der Waals surface area (Å²) in [6.45, 7) is 2.49. The second kappa shape index (κ2) is 5.29. The minimum absolute atomic E-state index is 0.0268. The normalized spacial score (nSPS) is 23.1. The predicted octanol–water partition coefficient (Wildman–Crippen LogP) is 0.243. The Morgan fingerprint density at radius 1 is 1.61 bits per heavy atom. The Hall–Kier alpha value is -1.71. The van der Waals surface area contributed by atoms with Crippen molar-refractivity contribution in [3.63, 3.8) is 0 Å². The van der Waals surface area contributed by atoms with Gasteiger partial charge >= 0.3 is 0 Å². The van der Waals surface area contributed by atoms with Crippen LogP contribution in [-0.2, 0) is 4.74 Å². The number of nitriles is 1. The Bertz CT molecular complexity index is 472. The van der Waals surface area contributed by atoms with Crippen LogP contribution in [0.4, 0.5) is 5.95 Å². The summed E-state index contributed by atoms with van der Waals surface area (Å²) in [6.07, 6.45) is 0.809. The van der Waals surface area contributed by atoms with Crippen molar-refractivity contribution in [2.24, 2.45) is 0 Å². The van der Waals surface area contributed by atoms with E-state index in [9.17, 15) is 5.11 Å². The van der Waals surface area contributed by atoms with Crippen LogP contribution < -0.4 is 4.90 Å². The molecule has 1 saturated heterocycles. The Labute approximate surface area is 106 Å². The van der Waals surface area contributed by atoms with Crippen LogP contribution >= 0.6 is 0 Å². The molecule has 1 aliphatic rings. The summed E-state index contributed by atoms with van der Waals surface area (Å²) in [7, 11) is 1.65. The van der Waals surface area contributed by atoms with Crippen molar-refractivity contribution in [1.82, 2.24) is 9.97 Å². The SMILES string of the molecule is CO[C@@H]1C[C@@H](CO)N(c2nc(C)cc(C#N)n2)C1. The number of hydrogen-bond donors (Lipinski definition) is 1. The van der Waals surface area contributed by atoms with Gasteiger partial charge in [0.25, 0.3) is 0 Å². The van der Waals surface area contributed by atoms with Crippen molar-refractivity contribution < 1.29 is 9.84 Å². The first-order chi connectivity index (χ1) is 8.67. The first-order valence-electron chi connectivity index (χ1n) is 5.84. The molecule has 1 aromatic heterocycles. The second-order valence-corrected chi connectivity index (χ2v) is 4.39. The number of methoxy groups -OCH3 is 1. The van der Waals surface area contributed by atoms with Gasteiger partial charge in [0, 0.05) is 19.3 Å². The highest BCUT2D eigenvalue weighted by atomic mass is 16.5. The number of ether oxygens (including phenoxy) is 1. The molecule has 96 valence electrons. The smallest absolute Gasteiger partial charge is 0.227 e. The highest BCUT2D eigenvalue weighted by Crippen LogP contribution is 2.24. The molecule has 2 heterocycles. The number of aryl methyl sites for hydroxylation is 1. The van der Waals surface area contributed by atoms with Gasteiger partial charge in [-0.1, -0.05) is 0 Å². The maximum Gasteiger partial charge on any atom is 0.227 e. The Morgan fingerprint density at radius 3 is 3.00 bits per heavy atom. The molecule has 1 aliphatic heterocycles. The van der Waals surface area contributed by atoms with Gasteiger partial charge < -0.3 is 14.7 Å². The Morgan fingerprint density at radius 2 is 2.39 bits per heavy atom. The molecule has 2 rings (SSSR count). The maximum atomic E-state index is 9.39. The summed E-state index contributed by atoms with van der Waals surface area (Å²) in [5.41, 5.74) is 1.09. The van der Waals surface area contributed by atoms with Crippen molar-refractivity contribution in [2.45, 2.75) is 25.5 Å².